The average molecular weight is 176 g/mol. The van der Waals surface area contributed by atoms with Crippen LogP contribution in [0.1, 0.15) is 20.8 Å². The largest absolute Gasteiger partial charge is 0.338 e. The van der Waals surface area contributed by atoms with Gasteiger partial charge in [0.1, 0.15) is 7.28 Å². The molecule has 0 saturated heterocycles. The molecule has 2 atom stereocenters. The molecule has 0 aromatic heterocycles. The number of nitrogens with two attached hydrogens (primary N) is 1. The first-order valence-corrected chi connectivity index (χ1v) is 5.07. The molecule has 0 bridgehead atoms. The second kappa shape index (κ2) is 4.66. The van der Waals surface area contributed by atoms with Gasteiger partial charge in [-0.05, 0) is 25.2 Å². The second-order valence-corrected chi connectivity index (χ2v) is 3.95. The smallest absolute Gasteiger partial charge is 0.128 e. The molecule has 0 aliphatic heterocycles. The fourth-order valence-electron chi connectivity index (χ4n) is 2.16. The van der Waals surface area contributed by atoms with Crippen LogP contribution in [0.25, 0.3) is 0 Å². The summed E-state index contributed by atoms with van der Waals surface area (Å²) in [6, 6.07) is 0. The van der Waals surface area contributed by atoms with Crippen LogP contribution in [0.2, 0.25) is 6.32 Å². The van der Waals surface area contributed by atoms with Crippen LogP contribution in [0, 0.1) is 11.8 Å². The van der Waals surface area contributed by atoms with Crippen molar-refractivity contribution in [2.24, 2.45) is 17.6 Å². The van der Waals surface area contributed by atoms with Crippen molar-refractivity contribution in [2.75, 3.05) is 6.44 Å². The van der Waals surface area contributed by atoms with Crippen LogP contribution >= 0.6 is 0 Å². The molecule has 1 radical (unpaired) electrons. The Morgan fingerprint density at radius 3 is 2.77 bits per heavy atom. The molecule has 0 amide bonds. The minimum atomic E-state index is 0.626. The highest BCUT2D eigenvalue weighted by molar-refractivity contribution is 6.35. The topological polar surface area (TPSA) is 26.0 Å². The molecular formula is C11H19BN. The lowest BCUT2D eigenvalue weighted by Gasteiger charge is -2.18. The Hall–Kier alpha value is -0.495. The zero-order chi connectivity index (χ0) is 9.84. The number of rotatable bonds is 4. The van der Waals surface area contributed by atoms with E-state index < -0.39 is 0 Å². The maximum Gasteiger partial charge on any atom is 0.128 e. The van der Waals surface area contributed by atoms with Gasteiger partial charge in [0.25, 0.3) is 0 Å². The molecule has 2 unspecified atom stereocenters. The highest BCUT2D eigenvalue weighted by Gasteiger charge is 2.19. The maximum absolute atomic E-state index is 5.46. The summed E-state index contributed by atoms with van der Waals surface area (Å²) in [5.41, 5.74) is 8.49. The lowest BCUT2D eigenvalue weighted by atomic mass is 9.67. The summed E-state index contributed by atoms with van der Waals surface area (Å²) in [6.07, 6.45) is 6.32. The summed E-state index contributed by atoms with van der Waals surface area (Å²) in [4.78, 5) is 0. The fraction of sp³-hybridized carbons (Fsp3) is 0.636. The third-order valence-electron chi connectivity index (χ3n) is 2.80. The van der Waals surface area contributed by atoms with Crippen molar-refractivity contribution in [3.8, 4) is 0 Å². The minimum Gasteiger partial charge on any atom is -0.338 e. The fourth-order valence-corrected chi connectivity index (χ4v) is 2.16. The van der Waals surface area contributed by atoms with Crippen molar-refractivity contribution >= 4 is 7.28 Å². The van der Waals surface area contributed by atoms with Gasteiger partial charge in [-0.2, -0.15) is 0 Å². The van der Waals surface area contributed by atoms with E-state index >= 15 is 0 Å². The SMILES string of the molecule is CC1=C(C(C)C[B]CN)C(C)C=C1. The normalized spacial score (nSPS) is 23.8. The van der Waals surface area contributed by atoms with Gasteiger partial charge < -0.3 is 5.73 Å². The van der Waals surface area contributed by atoms with E-state index in [-0.39, 0.29) is 0 Å². The summed E-state index contributed by atoms with van der Waals surface area (Å²) in [5, 5.41) is 0. The van der Waals surface area contributed by atoms with Gasteiger partial charge >= 0.3 is 0 Å². The highest BCUT2D eigenvalue weighted by atomic mass is 14.5. The predicted molar refractivity (Wildman–Crippen MR) is 59.8 cm³/mol. The van der Waals surface area contributed by atoms with E-state index in [0.29, 0.717) is 18.3 Å². The quantitative estimate of drug-likeness (QED) is 0.652. The van der Waals surface area contributed by atoms with E-state index in [1.807, 2.05) is 0 Å². The van der Waals surface area contributed by atoms with Crippen LogP contribution in [0.5, 0.6) is 0 Å². The molecule has 0 spiro atoms. The zero-order valence-electron chi connectivity index (χ0n) is 8.88. The molecular weight excluding hydrogens is 157 g/mol. The van der Waals surface area contributed by atoms with E-state index in [9.17, 15) is 0 Å². The van der Waals surface area contributed by atoms with Crippen LogP contribution in [0.15, 0.2) is 23.3 Å². The minimum absolute atomic E-state index is 0.626. The van der Waals surface area contributed by atoms with E-state index in [1.54, 1.807) is 5.57 Å². The molecule has 13 heavy (non-hydrogen) atoms. The monoisotopic (exact) mass is 176 g/mol. The summed E-state index contributed by atoms with van der Waals surface area (Å²) < 4.78 is 0. The molecule has 1 aliphatic rings. The molecule has 2 heteroatoms. The van der Waals surface area contributed by atoms with Gasteiger partial charge in [0.05, 0.1) is 0 Å². The Bertz CT molecular complexity index is 230. The van der Waals surface area contributed by atoms with E-state index in [1.165, 1.54) is 5.57 Å². The van der Waals surface area contributed by atoms with E-state index in [2.05, 4.69) is 40.2 Å². The van der Waals surface area contributed by atoms with Gasteiger partial charge in [-0.15, -0.1) is 0 Å². The standard InChI is InChI=1S/C11H19BN/c1-8-4-5-9(2)11(8)10(3)6-12-7-13/h4-5,8,10H,6-7,13H2,1-3H3. The first-order valence-electron chi connectivity index (χ1n) is 5.07. The zero-order valence-corrected chi connectivity index (χ0v) is 8.88. The summed E-state index contributed by atoms with van der Waals surface area (Å²) in [7, 11) is 2.16. The van der Waals surface area contributed by atoms with Crippen LogP contribution in [-0.4, -0.2) is 13.7 Å². The van der Waals surface area contributed by atoms with Crippen molar-refractivity contribution in [3.63, 3.8) is 0 Å². The first kappa shape index (κ1) is 10.6. The highest BCUT2D eigenvalue weighted by Crippen LogP contribution is 2.32. The molecule has 0 saturated carbocycles. The molecule has 1 rings (SSSR count). The Morgan fingerprint density at radius 1 is 1.62 bits per heavy atom. The Kier molecular flexibility index (Phi) is 3.79. The van der Waals surface area contributed by atoms with Crippen molar-refractivity contribution < 1.29 is 0 Å². The maximum atomic E-state index is 5.46. The predicted octanol–water partition coefficient (Wildman–Crippen LogP) is 2.18. The van der Waals surface area contributed by atoms with Crippen molar-refractivity contribution in [3.05, 3.63) is 23.3 Å². The Labute approximate surface area is 82.3 Å². The van der Waals surface area contributed by atoms with E-state index in [0.717, 1.165) is 6.32 Å². The molecule has 0 aromatic carbocycles. The van der Waals surface area contributed by atoms with Crippen LogP contribution in [0.4, 0.5) is 0 Å². The number of hydrogen-bond donors (Lipinski definition) is 1. The molecule has 0 aromatic rings. The van der Waals surface area contributed by atoms with Gasteiger partial charge in [-0.25, -0.2) is 0 Å². The second-order valence-electron chi connectivity index (χ2n) is 3.95. The van der Waals surface area contributed by atoms with Gasteiger partial charge in [0.15, 0.2) is 0 Å². The van der Waals surface area contributed by atoms with Crippen LogP contribution < -0.4 is 5.73 Å². The van der Waals surface area contributed by atoms with Crippen molar-refractivity contribution in [2.45, 2.75) is 27.1 Å². The van der Waals surface area contributed by atoms with Gasteiger partial charge in [-0.3, -0.25) is 0 Å². The number of hydrogen-bond acceptors (Lipinski definition) is 1. The van der Waals surface area contributed by atoms with Gasteiger partial charge in [-0.1, -0.05) is 43.5 Å². The molecule has 0 fully saturated rings. The van der Waals surface area contributed by atoms with Crippen molar-refractivity contribution in [1.82, 2.24) is 0 Å². The van der Waals surface area contributed by atoms with E-state index in [4.69, 9.17) is 5.73 Å². The third kappa shape index (κ3) is 2.47. The molecule has 1 aliphatic carbocycles. The van der Waals surface area contributed by atoms with Crippen molar-refractivity contribution in [1.29, 1.82) is 0 Å². The first-order chi connectivity index (χ1) is 6.16. The summed E-state index contributed by atoms with van der Waals surface area (Å²) in [5.74, 6) is 1.27. The van der Waals surface area contributed by atoms with Crippen LogP contribution in [0.3, 0.4) is 0 Å². The molecule has 0 heterocycles. The summed E-state index contributed by atoms with van der Waals surface area (Å²) in [6.45, 7) is 6.75. The lowest BCUT2D eigenvalue weighted by molar-refractivity contribution is 0.665. The molecule has 2 N–H and O–H groups in total. The third-order valence-corrected chi connectivity index (χ3v) is 2.80. The number of allylic oxidation sites excluding steroid dienone is 4. The van der Waals surface area contributed by atoms with Gasteiger partial charge in [0.2, 0.25) is 0 Å². The molecule has 71 valence electrons. The Balaban J connectivity index is 2.56. The molecule has 1 nitrogen and oxygen atoms in total. The Morgan fingerprint density at radius 2 is 2.31 bits per heavy atom. The van der Waals surface area contributed by atoms with Gasteiger partial charge in [0, 0.05) is 0 Å². The lowest BCUT2D eigenvalue weighted by Crippen LogP contribution is -2.14. The van der Waals surface area contributed by atoms with Crippen LogP contribution in [-0.2, 0) is 0 Å². The summed E-state index contributed by atoms with van der Waals surface area (Å²) >= 11 is 0. The average Bonchev–Trinajstić information content (AvgIpc) is 2.42.